The van der Waals surface area contributed by atoms with Crippen LogP contribution in [-0.4, -0.2) is 57.0 Å². The van der Waals surface area contributed by atoms with E-state index in [4.69, 9.17) is 4.52 Å². The Morgan fingerprint density at radius 1 is 0.941 bits per heavy atom. The highest BCUT2D eigenvalue weighted by atomic mass is 19.2. The molecule has 0 aliphatic carbocycles. The Balaban J connectivity index is 1.21. The lowest BCUT2D eigenvalue weighted by molar-refractivity contribution is 0.0628. The fourth-order valence-electron chi connectivity index (χ4n) is 3.94. The Morgan fingerprint density at radius 2 is 1.76 bits per heavy atom. The molecule has 0 atom stereocenters. The number of benzene rings is 2. The summed E-state index contributed by atoms with van der Waals surface area (Å²) in [5.74, 6) is -1.35. The van der Waals surface area contributed by atoms with Gasteiger partial charge >= 0.3 is 0 Å². The summed E-state index contributed by atoms with van der Waals surface area (Å²) >= 11 is 0. The lowest BCUT2D eigenvalue weighted by Crippen LogP contribution is -2.48. The molecule has 0 unspecified atom stereocenters. The first-order chi connectivity index (χ1) is 16.6. The molecule has 1 fully saturated rings. The van der Waals surface area contributed by atoms with Gasteiger partial charge in [0, 0.05) is 56.2 Å². The molecule has 34 heavy (non-hydrogen) atoms. The van der Waals surface area contributed by atoms with Crippen molar-refractivity contribution >= 4 is 5.91 Å². The molecular formula is C25H21F2N5O2. The Morgan fingerprint density at radius 3 is 2.53 bits per heavy atom. The van der Waals surface area contributed by atoms with Gasteiger partial charge in [-0.1, -0.05) is 23.4 Å². The predicted octanol–water partition coefficient (Wildman–Crippen LogP) is 4.03. The fourth-order valence-corrected chi connectivity index (χ4v) is 3.94. The summed E-state index contributed by atoms with van der Waals surface area (Å²) < 4.78 is 32.0. The third-order valence-electron chi connectivity index (χ3n) is 5.75. The van der Waals surface area contributed by atoms with E-state index in [-0.39, 0.29) is 11.5 Å². The van der Waals surface area contributed by atoms with E-state index in [2.05, 4.69) is 20.0 Å². The van der Waals surface area contributed by atoms with Crippen molar-refractivity contribution in [3.8, 4) is 22.8 Å². The van der Waals surface area contributed by atoms with Crippen LogP contribution in [0.3, 0.4) is 0 Å². The van der Waals surface area contributed by atoms with E-state index in [1.807, 2.05) is 36.4 Å². The first-order valence-electron chi connectivity index (χ1n) is 10.9. The quantitative estimate of drug-likeness (QED) is 0.447. The molecule has 0 spiro atoms. The largest absolute Gasteiger partial charge is 0.336 e. The fraction of sp³-hybridized carbons (Fsp3) is 0.200. The lowest BCUT2D eigenvalue weighted by atomic mass is 10.1. The first-order valence-corrected chi connectivity index (χ1v) is 10.9. The zero-order valence-electron chi connectivity index (χ0n) is 18.2. The number of piperazine rings is 1. The van der Waals surface area contributed by atoms with E-state index in [9.17, 15) is 13.6 Å². The summed E-state index contributed by atoms with van der Waals surface area (Å²) in [7, 11) is 0. The maximum Gasteiger partial charge on any atom is 0.259 e. The zero-order valence-corrected chi connectivity index (χ0v) is 18.2. The van der Waals surface area contributed by atoms with Gasteiger partial charge in [0.1, 0.15) is 0 Å². The molecule has 2 aromatic heterocycles. The first kappa shape index (κ1) is 21.8. The molecule has 0 radical (unpaired) electrons. The van der Waals surface area contributed by atoms with Crippen molar-refractivity contribution in [3.05, 3.63) is 89.8 Å². The van der Waals surface area contributed by atoms with Crippen molar-refractivity contribution in [2.24, 2.45) is 0 Å². The summed E-state index contributed by atoms with van der Waals surface area (Å²) in [4.78, 5) is 25.1. The topological polar surface area (TPSA) is 75.4 Å². The van der Waals surface area contributed by atoms with Gasteiger partial charge in [0.05, 0.1) is 5.56 Å². The lowest BCUT2D eigenvalue weighted by Gasteiger charge is -2.34. The number of halogens is 2. The van der Waals surface area contributed by atoms with Gasteiger partial charge in [0.15, 0.2) is 11.6 Å². The Kier molecular flexibility index (Phi) is 6.09. The van der Waals surface area contributed by atoms with Crippen LogP contribution in [0, 0.1) is 11.6 Å². The monoisotopic (exact) mass is 461 g/mol. The smallest absolute Gasteiger partial charge is 0.259 e. The van der Waals surface area contributed by atoms with Crippen LogP contribution in [-0.2, 0) is 6.54 Å². The average Bonchev–Trinajstić information content (AvgIpc) is 3.37. The average molecular weight is 461 g/mol. The van der Waals surface area contributed by atoms with Crippen molar-refractivity contribution in [1.29, 1.82) is 0 Å². The van der Waals surface area contributed by atoms with Crippen LogP contribution in [0.15, 0.2) is 71.5 Å². The standard InChI is InChI=1S/C25H21F2N5O2/c26-21-7-6-19(14-22(21)27)25(33)32-11-9-31(10-12-32)16-17-3-1-4-18(13-17)23-29-24(34-30-23)20-5-2-8-28-15-20/h1-8,13-15H,9-12,16H2. The molecular weight excluding hydrogens is 440 g/mol. The predicted molar refractivity (Wildman–Crippen MR) is 121 cm³/mol. The third kappa shape index (κ3) is 4.69. The van der Waals surface area contributed by atoms with Crippen LogP contribution in [0.1, 0.15) is 15.9 Å². The molecule has 1 saturated heterocycles. The number of rotatable bonds is 5. The van der Waals surface area contributed by atoms with Gasteiger partial charge in [-0.3, -0.25) is 14.7 Å². The number of pyridine rings is 1. The normalized spacial score (nSPS) is 14.4. The molecule has 172 valence electrons. The maximum absolute atomic E-state index is 13.5. The molecule has 1 amide bonds. The molecule has 3 heterocycles. The van der Waals surface area contributed by atoms with E-state index in [0.717, 1.165) is 28.8 Å². The van der Waals surface area contributed by atoms with Gasteiger partial charge in [-0.05, 0) is 42.0 Å². The second-order valence-corrected chi connectivity index (χ2v) is 8.06. The van der Waals surface area contributed by atoms with Crippen LogP contribution >= 0.6 is 0 Å². The summed E-state index contributed by atoms with van der Waals surface area (Å²) in [5, 5.41) is 4.10. The highest BCUT2D eigenvalue weighted by Crippen LogP contribution is 2.23. The summed E-state index contributed by atoms with van der Waals surface area (Å²) in [6.45, 7) is 3.07. The second kappa shape index (κ2) is 9.48. The SMILES string of the molecule is O=C(c1ccc(F)c(F)c1)N1CCN(Cc2cccc(-c3noc(-c4cccnc4)n3)c2)CC1. The Labute approximate surface area is 194 Å². The molecule has 2 aromatic carbocycles. The number of hydrogen-bond donors (Lipinski definition) is 0. The highest BCUT2D eigenvalue weighted by molar-refractivity contribution is 5.94. The summed E-state index contributed by atoms with van der Waals surface area (Å²) in [5.41, 5.74) is 2.85. The number of nitrogens with zero attached hydrogens (tertiary/aromatic N) is 5. The van der Waals surface area contributed by atoms with Gasteiger partial charge < -0.3 is 9.42 Å². The van der Waals surface area contributed by atoms with Crippen molar-refractivity contribution in [1.82, 2.24) is 24.9 Å². The number of amides is 1. The van der Waals surface area contributed by atoms with E-state index in [0.29, 0.717) is 44.4 Å². The van der Waals surface area contributed by atoms with Gasteiger partial charge in [-0.25, -0.2) is 8.78 Å². The number of carbonyl (C=O) groups is 1. The van der Waals surface area contributed by atoms with Gasteiger partial charge in [-0.15, -0.1) is 0 Å². The molecule has 1 aliphatic rings. The van der Waals surface area contributed by atoms with Crippen LogP contribution in [0.4, 0.5) is 8.78 Å². The highest BCUT2D eigenvalue weighted by Gasteiger charge is 2.23. The van der Waals surface area contributed by atoms with Crippen LogP contribution in [0.5, 0.6) is 0 Å². The molecule has 1 aliphatic heterocycles. The number of hydrogen-bond acceptors (Lipinski definition) is 6. The second-order valence-electron chi connectivity index (χ2n) is 8.06. The van der Waals surface area contributed by atoms with Crippen molar-refractivity contribution in [3.63, 3.8) is 0 Å². The minimum Gasteiger partial charge on any atom is -0.336 e. The molecule has 9 heteroatoms. The van der Waals surface area contributed by atoms with Gasteiger partial charge in [0.2, 0.25) is 5.82 Å². The molecule has 0 bridgehead atoms. The van der Waals surface area contributed by atoms with Gasteiger partial charge in [-0.2, -0.15) is 4.98 Å². The minimum atomic E-state index is -1.02. The molecule has 5 rings (SSSR count). The van der Waals surface area contributed by atoms with Crippen LogP contribution < -0.4 is 0 Å². The maximum atomic E-state index is 13.5. The van der Waals surface area contributed by atoms with Crippen molar-refractivity contribution in [2.75, 3.05) is 26.2 Å². The summed E-state index contributed by atoms with van der Waals surface area (Å²) in [6, 6.07) is 14.9. The van der Waals surface area contributed by atoms with Crippen LogP contribution in [0.25, 0.3) is 22.8 Å². The van der Waals surface area contributed by atoms with Crippen molar-refractivity contribution < 1.29 is 18.1 Å². The summed E-state index contributed by atoms with van der Waals surface area (Å²) in [6.07, 6.45) is 3.35. The molecule has 4 aromatic rings. The van der Waals surface area contributed by atoms with Crippen molar-refractivity contribution in [2.45, 2.75) is 6.54 Å². The molecule has 7 nitrogen and oxygen atoms in total. The van der Waals surface area contributed by atoms with Crippen LogP contribution in [0.2, 0.25) is 0 Å². The van der Waals surface area contributed by atoms with E-state index in [1.54, 1.807) is 17.3 Å². The number of carbonyl (C=O) groups excluding carboxylic acids is 1. The van der Waals surface area contributed by atoms with E-state index < -0.39 is 11.6 Å². The zero-order chi connectivity index (χ0) is 23.5. The molecule has 0 N–H and O–H groups in total. The number of aromatic nitrogens is 3. The Hall–Kier alpha value is -3.98. The third-order valence-corrected chi connectivity index (χ3v) is 5.75. The van der Waals surface area contributed by atoms with E-state index >= 15 is 0 Å². The molecule has 0 saturated carbocycles. The van der Waals surface area contributed by atoms with Gasteiger partial charge in [0.25, 0.3) is 11.8 Å². The minimum absolute atomic E-state index is 0.158. The Bertz CT molecular complexity index is 1300. The van der Waals surface area contributed by atoms with E-state index in [1.165, 1.54) is 6.07 Å².